The minimum Gasteiger partial charge on any atom is -0.313 e. The SMILES string of the molecule is CC(C)NCC(C)N(C)Cc1ccccc1Cl. The van der Waals surface area contributed by atoms with E-state index in [1.165, 1.54) is 5.56 Å². The van der Waals surface area contributed by atoms with Crippen molar-refractivity contribution in [2.75, 3.05) is 13.6 Å². The molecule has 0 aliphatic carbocycles. The molecule has 1 unspecified atom stereocenters. The molecule has 0 aliphatic rings. The molecule has 0 saturated carbocycles. The summed E-state index contributed by atoms with van der Waals surface area (Å²) < 4.78 is 0. The Bertz CT molecular complexity index is 339. The van der Waals surface area contributed by atoms with Crippen LogP contribution in [0.25, 0.3) is 0 Å². The zero-order valence-electron chi connectivity index (χ0n) is 11.2. The maximum atomic E-state index is 6.16. The Balaban J connectivity index is 2.48. The number of likely N-dealkylation sites (N-methyl/N-ethyl adjacent to an activating group) is 1. The summed E-state index contributed by atoms with van der Waals surface area (Å²) in [6, 6.07) is 9.06. The topological polar surface area (TPSA) is 15.3 Å². The van der Waals surface area contributed by atoms with Crippen LogP contribution in [0, 0.1) is 0 Å². The number of nitrogens with one attached hydrogen (secondary N) is 1. The van der Waals surface area contributed by atoms with Crippen molar-refractivity contribution >= 4 is 11.6 Å². The van der Waals surface area contributed by atoms with Gasteiger partial charge in [-0.25, -0.2) is 0 Å². The van der Waals surface area contributed by atoms with Gasteiger partial charge in [0, 0.05) is 30.2 Å². The molecular formula is C14H23ClN2. The molecule has 1 aromatic rings. The number of benzene rings is 1. The van der Waals surface area contributed by atoms with Crippen molar-refractivity contribution in [2.24, 2.45) is 0 Å². The Morgan fingerprint density at radius 1 is 1.24 bits per heavy atom. The highest BCUT2D eigenvalue weighted by molar-refractivity contribution is 6.31. The van der Waals surface area contributed by atoms with Gasteiger partial charge < -0.3 is 5.32 Å². The first-order valence-electron chi connectivity index (χ1n) is 6.17. The summed E-state index contributed by atoms with van der Waals surface area (Å²) in [5.74, 6) is 0. The van der Waals surface area contributed by atoms with Gasteiger partial charge in [-0.05, 0) is 25.6 Å². The van der Waals surface area contributed by atoms with Gasteiger partial charge in [-0.2, -0.15) is 0 Å². The second kappa shape index (κ2) is 7.00. The summed E-state index contributed by atoms with van der Waals surface area (Å²) in [4.78, 5) is 2.32. The van der Waals surface area contributed by atoms with Crippen LogP contribution in [0.1, 0.15) is 26.3 Å². The van der Waals surface area contributed by atoms with Gasteiger partial charge in [-0.3, -0.25) is 4.90 Å². The molecule has 2 nitrogen and oxygen atoms in total. The van der Waals surface area contributed by atoms with E-state index in [2.05, 4.69) is 44.1 Å². The number of nitrogens with zero attached hydrogens (tertiary/aromatic N) is 1. The zero-order valence-corrected chi connectivity index (χ0v) is 12.0. The molecule has 0 saturated heterocycles. The third-order valence-corrected chi connectivity index (χ3v) is 3.32. The molecule has 1 aromatic carbocycles. The number of hydrogen-bond donors (Lipinski definition) is 1. The second-order valence-electron chi connectivity index (χ2n) is 4.92. The fraction of sp³-hybridized carbons (Fsp3) is 0.571. The first-order chi connectivity index (χ1) is 8.00. The summed E-state index contributed by atoms with van der Waals surface area (Å²) in [6.45, 7) is 8.45. The van der Waals surface area contributed by atoms with Gasteiger partial charge in [-0.15, -0.1) is 0 Å². The van der Waals surface area contributed by atoms with Crippen LogP contribution in [-0.4, -0.2) is 30.6 Å². The van der Waals surface area contributed by atoms with Crippen LogP contribution in [0.15, 0.2) is 24.3 Å². The zero-order chi connectivity index (χ0) is 12.8. The van der Waals surface area contributed by atoms with Crippen molar-refractivity contribution in [3.63, 3.8) is 0 Å². The van der Waals surface area contributed by atoms with E-state index in [4.69, 9.17) is 11.6 Å². The van der Waals surface area contributed by atoms with Gasteiger partial charge in [0.15, 0.2) is 0 Å². The minimum absolute atomic E-state index is 0.494. The lowest BCUT2D eigenvalue weighted by Gasteiger charge is -2.26. The second-order valence-corrected chi connectivity index (χ2v) is 5.33. The van der Waals surface area contributed by atoms with Crippen LogP contribution in [0.2, 0.25) is 5.02 Å². The van der Waals surface area contributed by atoms with Crippen LogP contribution in [-0.2, 0) is 6.54 Å². The van der Waals surface area contributed by atoms with E-state index in [9.17, 15) is 0 Å². The molecule has 0 bridgehead atoms. The molecule has 1 rings (SSSR count). The molecule has 1 N–H and O–H groups in total. The first kappa shape index (κ1) is 14.5. The highest BCUT2D eigenvalue weighted by Crippen LogP contribution is 2.17. The Labute approximate surface area is 110 Å². The smallest absolute Gasteiger partial charge is 0.0451 e. The van der Waals surface area contributed by atoms with Crippen LogP contribution < -0.4 is 5.32 Å². The number of halogens is 1. The number of hydrogen-bond acceptors (Lipinski definition) is 2. The molecule has 17 heavy (non-hydrogen) atoms. The van der Waals surface area contributed by atoms with Crippen LogP contribution in [0.3, 0.4) is 0 Å². The van der Waals surface area contributed by atoms with Crippen LogP contribution >= 0.6 is 11.6 Å². The van der Waals surface area contributed by atoms with Gasteiger partial charge >= 0.3 is 0 Å². The lowest BCUT2D eigenvalue weighted by atomic mass is 10.2. The molecule has 1 atom stereocenters. The van der Waals surface area contributed by atoms with E-state index in [1.807, 2.05) is 18.2 Å². The predicted octanol–water partition coefficient (Wildman–Crippen LogP) is 3.16. The molecule has 0 fully saturated rings. The highest BCUT2D eigenvalue weighted by Gasteiger charge is 2.11. The summed E-state index contributed by atoms with van der Waals surface area (Å²) in [7, 11) is 2.13. The summed E-state index contributed by atoms with van der Waals surface area (Å²) >= 11 is 6.16. The summed E-state index contributed by atoms with van der Waals surface area (Å²) in [6.07, 6.45) is 0. The normalized spacial score (nSPS) is 13.4. The molecule has 0 radical (unpaired) electrons. The van der Waals surface area contributed by atoms with E-state index in [0.717, 1.165) is 18.1 Å². The van der Waals surface area contributed by atoms with E-state index >= 15 is 0 Å². The lowest BCUT2D eigenvalue weighted by Crippen LogP contribution is -2.39. The van der Waals surface area contributed by atoms with Gasteiger partial charge in [0.2, 0.25) is 0 Å². The summed E-state index contributed by atoms with van der Waals surface area (Å²) in [5, 5.41) is 4.30. The molecular weight excluding hydrogens is 232 g/mol. The standard InChI is InChI=1S/C14H23ClN2/c1-11(2)16-9-12(3)17(4)10-13-7-5-6-8-14(13)15/h5-8,11-12,16H,9-10H2,1-4H3. The third kappa shape index (κ3) is 5.07. The van der Waals surface area contributed by atoms with Crippen molar-refractivity contribution in [1.29, 1.82) is 0 Å². The van der Waals surface area contributed by atoms with Gasteiger partial charge in [0.1, 0.15) is 0 Å². The first-order valence-corrected chi connectivity index (χ1v) is 6.55. The van der Waals surface area contributed by atoms with E-state index in [1.54, 1.807) is 0 Å². The maximum Gasteiger partial charge on any atom is 0.0451 e. The van der Waals surface area contributed by atoms with Crippen molar-refractivity contribution < 1.29 is 0 Å². The molecule has 96 valence electrons. The molecule has 0 amide bonds. The Morgan fingerprint density at radius 2 is 1.88 bits per heavy atom. The molecule has 0 heterocycles. The fourth-order valence-electron chi connectivity index (χ4n) is 1.61. The number of rotatable bonds is 6. The molecule has 3 heteroatoms. The van der Waals surface area contributed by atoms with Crippen LogP contribution in [0.4, 0.5) is 0 Å². The van der Waals surface area contributed by atoms with Crippen molar-refractivity contribution in [1.82, 2.24) is 10.2 Å². The van der Waals surface area contributed by atoms with Crippen molar-refractivity contribution in [3.8, 4) is 0 Å². The highest BCUT2D eigenvalue weighted by atomic mass is 35.5. The van der Waals surface area contributed by atoms with Gasteiger partial charge in [-0.1, -0.05) is 43.6 Å². The average Bonchev–Trinajstić information content (AvgIpc) is 2.28. The van der Waals surface area contributed by atoms with Crippen molar-refractivity contribution in [2.45, 2.75) is 39.4 Å². The average molecular weight is 255 g/mol. The maximum absolute atomic E-state index is 6.16. The lowest BCUT2D eigenvalue weighted by molar-refractivity contribution is 0.239. The minimum atomic E-state index is 0.494. The molecule has 0 aliphatic heterocycles. The van der Waals surface area contributed by atoms with E-state index in [0.29, 0.717) is 12.1 Å². The monoisotopic (exact) mass is 254 g/mol. The largest absolute Gasteiger partial charge is 0.313 e. The Morgan fingerprint density at radius 3 is 2.47 bits per heavy atom. The predicted molar refractivity (Wildman–Crippen MR) is 75.5 cm³/mol. The molecule has 0 aromatic heterocycles. The van der Waals surface area contributed by atoms with E-state index < -0.39 is 0 Å². The molecule has 0 spiro atoms. The van der Waals surface area contributed by atoms with E-state index in [-0.39, 0.29) is 0 Å². The summed E-state index contributed by atoms with van der Waals surface area (Å²) in [5.41, 5.74) is 1.19. The Kier molecular flexibility index (Phi) is 5.96. The van der Waals surface area contributed by atoms with Gasteiger partial charge in [0.25, 0.3) is 0 Å². The van der Waals surface area contributed by atoms with Crippen LogP contribution in [0.5, 0.6) is 0 Å². The Hall–Kier alpha value is -0.570. The quantitative estimate of drug-likeness (QED) is 0.839. The van der Waals surface area contributed by atoms with Gasteiger partial charge in [0.05, 0.1) is 0 Å². The fourth-order valence-corrected chi connectivity index (χ4v) is 1.81. The third-order valence-electron chi connectivity index (χ3n) is 2.95. The van der Waals surface area contributed by atoms with Crippen molar-refractivity contribution in [3.05, 3.63) is 34.9 Å².